The summed E-state index contributed by atoms with van der Waals surface area (Å²) in [4.78, 5) is 13.5. The van der Waals surface area contributed by atoms with Crippen LogP contribution >= 0.6 is 15.9 Å². The van der Waals surface area contributed by atoms with Crippen LogP contribution in [0.1, 0.15) is 0 Å². The number of benzene rings is 1. The first kappa shape index (κ1) is 11.6. The van der Waals surface area contributed by atoms with Crippen LogP contribution in [-0.4, -0.2) is 41.7 Å². The van der Waals surface area contributed by atoms with Crippen molar-refractivity contribution in [3.63, 3.8) is 0 Å². The van der Waals surface area contributed by atoms with Crippen molar-refractivity contribution in [2.75, 3.05) is 25.0 Å². The van der Waals surface area contributed by atoms with E-state index in [0.29, 0.717) is 19.6 Å². The lowest BCUT2D eigenvalue weighted by molar-refractivity contribution is -0.119. The molecule has 1 saturated heterocycles. The third-order valence-electron chi connectivity index (χ3n) is 2.45. The molecule has 86 valence electrons. The van der Waals surface area contributed by atoms with Crippen LogP contribution in [0.25, 0.3) is 0 Å². The predicted molar refractivity (Wildman–Crippen MR) is 65.2 cm³/mol. The number of aliphatic hydroxyl groups is 1. The molecule has 1 aliphatic rings. The normalized spacial score (nSPS) is 16.9. The van der Waals surface area contributed by atoms with Gasteiger partial charge in [-0.3, -0.25) is 9.69 Å². The number of hydrogen-bond donors (Lipinski definition) is 2. The topological polar surface area (TPSA) is 52.6 Å². The zero-order valence-corrected chi connectivity index (χ0v) is 10.3. The number of carbonyl (C=O) groups is 1. The first-order valence-electron chi connectivity index (χ1n) is 5.10. The maximum Gasteiger partial charge on any atom is 0.238 e. The highest BCUT2D eigenvalue weighted by Crippen LogP contribution is 2.21. The average Bonchev–Trinajstić information content (AvgIpc) is 2.19. The van der Waals surface area contributed by atoms with Gasteiger partial charge in [0.25, 0.3) is 0 Å². The monoisotopic (exact) mass is 284 g/mol. The van der Waals surface area contributed by atoms with Crippen LogP contribution in [0.4, 0.5) is 5.69 Å². The van der Waals surface area contributed by atoms with E-state index in [1.54, 1.807) is 0 Å². The maximum absolute atomic E-state index is 11.6. The zero-order valence-electron chi connectivity index (χ0n) is 8.69. The Labute approximate surface area is 102 Å². The van der Waals surface area contributed by atoms with Gasteiger partial charge in [-0.2, -0.15) is 0 Å². The number of carbonyl (C=O) groups excluding carboxylic acids is 1. The fourth-order valence-electron chi connectivity index (χ4n) is 1.63. The van der Waals surface area contributed by atoms with E-state index in [1.165, 1.54) is 0 Å². The van der Waals surface area contributed by atoms with Crippen molar-refractivity contribution in [3.8, 4) is 0 Å². The van der Waals surface area contributed by atoms with Gasteiger partial charge in [0, 0.05) is 17.6 Å². The van der Waals surface area contributed by atoms with Crippen LogP contribution < -0.4 is 5.32 Å². The Morgan fingerprint density at radius 2 is 2.19 bits per heavy atom. The number of β-amino-alcohol motifs (C(OH)–C–C–N with tert-alkyl or cyclic N) is 1. The van der Waals surface area contributed by atoms with Gasteiger partial charge in [-0.15, -0.1) is 0 Å². The summed E-state index contributed by atoms with van der Waals surface area (Å²) in [5.41, 5.74) is 0.772. The number of aliphatic hydroxyl groups excluding tert-OH is 1. The molecule has 2 N–H and O–H groups in total. The van der Waals surface area contributed by atoms with Gasteiger partial charge in [0.15, 0.2) is 0 Å². The van der Waals surface area contributed by atoms with Crippen molar-refractivity contribution in [2.45, 2.75) is 6.10 Å². The predicted octanol–water partition coefficient (Wildman–Crippen LogP) is 1.06. The summed E-state index contributed by atoms with van der Waals surface area (Å²) in [5.74, 6) is -0.0567. The van der Waals surface area contributed by atoms with E-state index < -0.39 is 0 Å². The summed E-state index contributed by atoms with van der Waals surface area (Å²) in [6.45, 7) is 1.51. The Balaban J connectivity index is 1.85. The van der Waals surface area contributed by atoms with Gasteiger partial charge >= 0.3 is 0 Å². The lowest BCUT2D eigenvalue weighted by atomic mass is 10.2. The molecular formula is C11H13BrN2O2. The molecule has 5 heteroatoms. The van der Waals surface area contributed by atoms with E-state index in [1.807, 2.05) is 29.2 Å². The minimum Gasteiger partial charge on any atom is -0.390 e. The molecule has 0 saturated carbocycles. The molecule has 1 aliphatic heterocycles. The molecule has 0 spiro atoms. The summed E-state index contributed by atoms with van der Waals surface area (Å²) in [7, 11) is 0. The number of nitrogens with zero attached hydrogens (tertiary/aromatic N) is 1. The number of likely N-dealkylation sites (tertiary alicyclic amines) is 1. The van der Waals surface area contributed by atoms with Crippen molar-refractivity contribution < 1.29 is 9.90 Å². The second-order valence-corrected chi connectivity index (χ2v) is 4.73. The Morgan fingerprint density at radius 1 is 1.50 bits per heavy atom. The van der Waals surface area contributed by atoms with E-state index in [9.17, 15) is 4.79 Å². The summed E-state index contributed by atoms with van der Waals surface area (Å²) >= 11 is 3.36. The third kappa shape index (κ3) is 2.81. The molecule has 0 atom stereocenters. The van der Waals surface area contributed by atoms with Gasteiger partial charge < -0.3 is 10.4 Å². The van der Waals surface area contributed by atoms with Crippen molar-refractivity contribution >= 4 is 27.5 Å². The van der Waals surface area contributed by atoms with E-state index in [4.69, 9.17) is 5.11 Å². The fraction of sp³-hybridized carbons (Fsp3) is 0.364. The molecule has 1 fully saturated rings. The summed E-state index contributed by atoms with van der Waals surface area (Å²) in [5, 5.41) is 11.9. The minimum atomic E-state index is -0.267. The fourth-order valence-corrected chi connectivity index (χ4v) is 2.01. The minimum absolute atomic E-state index is 0.0567. The lowest BCUT2D eigenvalue weighted by Crippen LogP contribution is -2.53. The second kappa shape index (κ2) is 4.95. The van der Waals surface area contributed by atoms with Crippen molar-refractivity contribution in [3.05, 3.63) is 28.7 Å². The van der Waals surface area contributed by atoms with Gasteiger partial charge in [-0.05, 0) is 28.1 Å². The van der Waals surface area contributed by atoms with Gasteiger partial charge in [0.05, 0.1) is 18.3 Å². The molecule has 1 aromatic rings. The Hall–Kier alpha value is -0.910. The van der Waals surface area contributed by atoms with Gasteiger partial charge in [0.1, 0.15) is 0 Å². The number of anilines is 1. The first-order chi connectivity index (χ1) is 7.65. The third-order valence-corrected chi connectivity index (χ3v) is 3.14. The molecule has 1 amide bonds. The van der Waals surface area contributed by atoms with Gasteiger partial charge in [-0.1, -0.05) is 12.1 Å². The Morgan fingerprint density at radius 3 is 2.81 bits per heavy atom. The Kier molecular flexibility index (Phi) is 3.58. The highest BCUT2D eigenvalue weighted by molar-refractivity contribution is 9.10. The lowest BCUT2D eigenvalue weighted by Gasteiger charge is -2.35. The standard InChI is InChI=1S/C11H13BrN2O2/c12-9-3-1-2-4-10(9)13-11(16)7-14-5-8(15)6-14/h1-4,8,15H,5-7H2,(H,13,16). The smallest absolute Gasteiger partial charge is 0.238 e. The summed E-state index contributed by atoms with van der Waals surface area (Å²) in [6.07, 6.45) is -0.267. The van der Waals surface area contributed by atoms with Crippen LogP contribution in [0.5, 0.6) is 0 Å². The van der Waals surface area contributed by atoms with Crippen LogP contribution in [0.15, 0.2) is 28.7 Å². The molecule has 0 unspecified atom stereocenters. The first-order valence-corrected chi connectivity index (χ1v) is 5.89. The van der Waals surface area contributed by atoms with Crippen molar-refractivity contribution in [2.24, 2.45) is 0 Å². The average molecular weight is 285 g/mol. The van der Waals surface area contributed by atoms with Crippen LogP contribution in [-0.2, 0) is 4.79 Å². The number of para-hydroxylation sites is 1. The largest absolute Gasteiger partial charge is 0.390 e. The van der Waals surface area contributed by atoms with Crippen molar-refractivity contribution in [1.29, 1.82) is 0 Å². The molecule has 4 nitrogen and oxygen atoms in total. The highest BCUT2D eigenvalue weighted by atomic mass is 79.9. The highest BCUT2D eigenvalue weighted by Gasteiger charge is 2.25. The number of halogens is 1. The van der Waals surface area contributed by atoms with Gasteiger partial charge in [-0.25, -0.2) is 0 Å². The molecule has 0 radical (unpaired) electrons. The molecule has 2 rings (SSSR count). The van der Waals surface area contributed by atoms with Crippen molar-refractivity contribution in [1.82, 2.24) is 4.90 Å². The maximum atomic E-state index is 11.6. The SMILES string of the molecule is O=C(CN1CC(O)C1)Nc1ccccc1Br. The molecule has 0 aromatic heterocycles. The van der Waals surface area contributed by atoms with Crippen LogP contribution in [0.3, 0.4) is 0 Å². The molecule has 1 aromatic carbocycles. The van der Waals surface area contributed by atoms with E-state index >= 15 is 0 Å². The molecule has 1 heterocycles. The number of hydrogen-bond acceptors (Lipinski definition) is 3. The second-order valence-electron chi connectivity index (χ2n) is 3.88. The van der Waals surface area contributed by atoms with Crippen LogP contribution in [0.2, 0.25) is 0 Å². The number of rotatable bonds is 3. The van der Waals surface area contributed by atoms with E-state index in [-0.39, 0.29) is 12.0 Å². The number of nitrogens with one attached hydrogen (secondary N) is 1. The van der Waals surface area contributed by atoms with E-state index in [0.717, 1.165) is 10.2 Å². The molecular weight excluding hydrogens is 272 g/mol. The molecule has 16 heavy (non-hydrogen) atoms. The van der Waals surface area contributed by atoms with Gasteiger partial charge in [0.2, 0.25) is 5.91 Å². The summed E-state index contributed by atoms with van der Waals surface area (Å²) < 4.78 is 0.868. The molecule has 0 bridgehead atoms. The zero-order chi connectivity index (χ0) is 11.5. The quantitative estimate of drug-likeness (QED) is 0.873. The molecule has 0 aliphatic carbocycles. The Bertz CT molecular complexity index is 391. The van der Waals surface area contributed by atoms with E-state index in [2.05, 4.69) is 21.2 Å². The number of amides is 1. The van der Waals surface area contributed by atoms with Crippen LogP contribution in [0, 0.1) is 0 Å². The summed E-state index contributed by atoms with van der Waals surface area (Å²) in [6, 6.07) is 7.48.